The summed E-state index contributed by atoms with van der Waals surface area (Å²) in [5.74, 6) is -0.272. The zero-order valence-corrected chi connectivity index (χ0v) is 11.5. The van der Waals surface area contributed by atoms with Crippen molar-refractivity contribution in [1.29, 1.82) is 0 Å². The molecule has 0 saturated carbocycles. The molecule has 0 aliphatic heterocycles. The Bertz CT molecular complexity index is 423. The van der Waals surface area contributed by atoms with E-state index in [1.165, 1.54) is 18.2 Å². The number of carbonyl (C=O) groups excluding carboxylic acids is 1. The first-order chi connectivity index (χ1) is 7.81. The zero-order chi connectivity index (χ0) is 13.1. The van der Waals surface area contributed by atoms with E-state index in [0.29, 0.717) is 10.0 Å². The highest BCUT2D eigenvalue weighted by Crippen LogP contribution is 2.40. The van der Waals surface area contributed by atoms with Crippen molar-refractivity contribution in [2.24, 2.45) is 0 Å². The highest BCUT2D eigenvalue weighted by atomic mass is 79.9. The normalized spacial score (nSPS) is 11.6. The van der Waals surface area contributed by atoms with Gasteiger partial charge in [0.15, 0.2) is 5.78 Å². The Hall–Kier alpha value is -0.200. The molecule has 0 radical (unpaired) electrons. The van der Waals surface area contributed by atoms with E-state index >= 15 is 0 Å². The molecule has 0 spiro atoms. The van der Waals surface area contributed by atoms with Gasteiger partial charge in [0.05, 0.1) is 5.88 Å². The molecule has 17 heavy (non-hydrogen) atoms. The Kier molecular flexibility index (Phi) is 5.34. The minimum absolute atomic E-state index is 0.0690. The average molecular weight is 348 g/mol. The molecule has 0 heterocycles. The van der Waals surface area contributed by atoms with E-state index < -0.39 is 5.51 Å². The van der Waals surface area contributed by atoms with Crippen LogP contribution in [-0.4, -0.2) is 17.2 Å². The molecule has 0 aliphatic carbocycles. The predicted molar refractivity (Wildman–Crippen MR) is 65.5 cm³/mol. The maximum absolute atomic E-state index is 12.2. The van der Waals surface area contributed by atoms with E-state index in [-0.39, 0.29) is 34.7 Å². The molecule has 1 aromatic carbocycles. The summed E-state index contributed by atoms with van der Waals surface area (Å²) >= 11 is 8.20. The van der Waals surface area contributed by atoms with Crippen LogP contribution in [0.2, 0.25) is 0 Å². The molecular formula is C10H7BrClF3OS. The maximum atomic E-state index is 12.2. The third kappa shape index (κ3) is 5.31. The van der Waals surface area contributed by atoms with Crippen molar-refractivity contribution < 1.29 is 18.0 Å². The predicted octanol–water partition coefficient (Wildman–Crippen LogP) is 4.41. The molecule has 0 saturated heterocycles. The van der Waals surface area contributed by atoms with Gasteiger partial charge in [-0.2, -0.15) is 13.2 Å². The van der Waals surface area contributed by atoms with Gasteiger partial charge in [-0.1, -0.05) is 6.07 Å². The van der Waals surface area contributed by atoms with Crippen LogP contribution in [0.5, 0.6) is 0 Å². The molecular weight excluding hydrogens is 341 g/mol. The number of hydrogen-bond donors (Lipinski definition) is 0. The molecule has 0 aromatic heterocycles. The Morgan fingerprint density at radius 3 is 2.53 bits per heavy atom. The number of rotatable bonds is 4. The van der Waals surface area contributed by atoms with Gasteiger partial charge >= 0.3 is 5.51 Å². The van der Waals surface area contributed by atoms with Gasteiger partial charge in [-0.05, 0) is 45.4 Å². The summed E-state index contributed by atoms with van der Waals surface area (Å²) in [6, 6.07) is 4.32. The quantitative estimate of drug-likeness (QED) is 0.593. The SMILES string of the molecule is O=C(CCl)Cc1ccc(SC(F)(F)F)c(Br)c1. The van der Waals surface area contributed by atoms with Gasteiger partial charge in [0, 0.05) is 15.8 Å². The zero-order valence-electron chi connectivity index (χ0n) is 8.35. The largest absolute Gasteiger partial charge is 0.446 e. The molecule has 0 aliphatic rings. The number of thioether (sulfide) groups is 1. The van der Waals surface area contributed by atoms with Crippen molar-refractivity contribution in [3.63, 3.8) is 0 Å². The first kappa shape index (κ1) is 14.9. The number of ketones is 1. The molecule has 0 N–H and O–H groups in total. The first-order valence-electron chi connectivity index (χ1n) is 4.43. The standard InChI is InChI=1S/C10H7BrClF3OS/c11-8-4-6(3-7(16)5-12)1-2-9(8)17-10(13,14)15/h1-2,4H,3,5H2. The number of halogens is 5. The molecule has 0 amide bonds. The molecule has 1 rings (SSSR count). The van der Waals surface area contributed by atoms with Gasteiger partial charge in [0.1, 0.15) is 0 Å². The van der Waals surface area contributed by atoms with Crippen LogP contribution in [-0.2, 0) is 11.2 Å². The lowest BCUT2D eigenvalue weighted by Crippen LogP contribution is -2.04. The molecule has 7 heteroatoms. The number of Topliss-reactive ketones (excluding diaryl/α,β-unsaturated/α-hetero) is 1. The number of hydrogen-bond acceptors (Lipinski definition) is 2. The lowest BCUT2D eigenvalue weighted by atomic mass is 10.1. The Morgan fingerprint density at radius 1 is 1.41 bits per heavy atom. The van der Waals surface area contributed by atoms with Gasteiger partial charge in [0.2, 0.25) is 0 Å². The average Bonchev–Trinajstić information content (AvgIpc) is 2.20. The highest BCUT2D eigenvalue weighted by Gasteiger charge is 2.30. The molecule has 0 atom stereocenters. The van der Waals surface area contributed by atoms with Gasteiger partial charge in [-0.3, -0.25) is 4.79 Å². The lowest BCUT2D eigenvalue weighted by molar-refractivity contribution is -0.116. The number of carbonyl (C=O) groups is 1. The van der Waals surface area contributed by atoms with Gasteiger partial charge in [-0.25, -0.2) is 0 Å². The minimum atomic E-state index is -4.32. The van der Waals surface area contributed by atoms with Crippen molar-refractivity contribution in [3.05, 3.63) is 28.2 Å². The highest BCUT2D eigenvalue weighted by molar-refractivity contribution is 9.10. The molecule has 0 fully saturated rings. The van der Waals surface area contributed by atoms with E-state index in [4.69, 9.17) is 11.6 Å². The number of alkyl halides is 4. The summed E-state index contributed by atoms with van der Waals surface area (Å²) in [6.07, 6.45) is 0.124. The maximum Gasteiger partial charge on any atom is 0.446 e. The van der Waals surface area contributed by atoms with E-state index in [0.717, 1.165) is 0 Å². The topological polar surface area (TPSA) is 17.1 Å². The Labute approximate surface area is 114 Å². The van der Waals surface area contributed by atoms with Crippen molar-refractivity contribution in [2.75, 3.05) is 5.88 Å². The monoisotopic (exact) mass is 346 g/mol. The fraction of sp³-hybridized carbons (Fsp3) is 0.300. The fourth-order valence-electron chi connectivity index (χ4n) is 1.14. The third-order valence-electron chi connectivity index (χ3n) is 1.77. The Morgan fingerprint density at radius 2 is 2.06 bits per heavy atom. The molecule has 0 bridgehead atoms. The minimum Gasteiger partial charge on any atom is -0.298 e. The van der Waals surface area contributed by atoms with Crippen LogP contribution in [0.1, 0.15) is 5.56 Å². The van der Waals surface area contributed by atoms with E-state index in [9.17, 15) is 18.0 Å². The summed E-state index contributed by atoms with van der Waals surface area (Å²) in [5.41, 5.74) is -3.69. The molecule has 0 unspecified atom stereocenters. The molecule has 1 nitrogen and oxygen atoms in total. The van der Waals surface area contributed by atoms with E-state index in [1.807, 2.05) is 0 Å². The van der Waals surface area contributed by atoms with Crippen molar-refractivity contribution in [3.8, 4) is 0 Å². The summed E-state index contributed by atoms with van der Waals surface area (Å²) in [7, 11) is 0. The third-order valence-corrected chi connectivity index (χ3v) is 3.80. The van der Waals surface area contributed by atoms with Crippen LogP contribution in [0.3, 0.4) is 0 Å². The van der Waals surface area contributed by atoms with Crippen LogP contribution in [0, 0.1) is 0 Å². The van der Waals surface area contributed by atoms with Crippen molar-refractivity contribution in [2.45, 2.75) is 16.8 Å². The summed E-state index contributed by atoms with van der Waals surface area (Å²) in [5, 5.41) is 0. The molecule has 1 aromatic rings. The van der Waals surface area contributed by atoms with E-state index in [1.54, 1.807) is 0 Å². The summed E-state index contributed by atoms with van der Waals surface area (Å²) in [6.45, 7) is 0. The van der Waals surface area contributed by atoms with Crippen molar-refractivity contribution in [1.82, 2.24) is 0 Å². The summed E-state index contributed by atoms with van der Waals surface area (Å²) in [4.78, 5) is 11.1. The van der Waals surface area contributed by atoms with Crippen molar-refractivity contribution >= 4 is 45.1 Å². The molecule has 94 valence electrons. The van der Waals surface area contributed by atoms with E-state index in [2.05, 4.69) is 15.9 Å². The fourth-order valence-corrected chi connectivity index (χ4v) is 2.44. The van der Waals surface area contributed by atoms with Crippen LogP contribution in [0.15, 0.2) is 27.6 Å². The second-order valence-electron chi connectivity index (χ2n) is 3.16. The Balaban J connectivity index is 2.83. The van der Waals surface area contributed by atoms with Crippen LogP contribution >= 0.6 is 39.3 Å². The van der Waals surface area contributed by atoms with Crippen LogP contribution < -0.4 is 0 Å². The number of benzene rings is 1. The lowest BCUT2D eigenvalue weighted by Gasteiger charge is -2.08. The first-order valence-corrected chi connectivity index (χ1v) is 6.58. The van der Waals surface area contributed by atoms with Crippen LogP contribution in [0.25, 0.3) is 0 Å². The van der Waals surface area contributed by atoms with Gasteiger partial charge in [-0.15, -0.1) is 11.6 Å². The van der Waals surface area contributed by atoms with Crippen LogP contribution in [0.4, 0.5) is 13.2 Å². The second kappa shape index (κ2) is 6.11. The van der Waals surface area contributed by atoms with Gasteiger partial charge in [0.25, 0.3) is 0 Å². The second-order valence-corrected chi connectivity index (χ2v) is 5.39. The van der Waals surface area contributed by atoms with Gasteiger partial charge < -0.3 is 0 Å². The summed E-state index contributed by atoms with van der Waals surface area (Å²) < 4.78 is 36.8. The smallest absolute Gasteiger partial charge is 0.298 e.